The normalized spacial score (nSPS) is 15.7. The van der Waals surface area contributed by atoms with Gasteiger partial charge in [0.25, 0.3) is 10.0 Å². The third-order valence-electron chi connectivity index (χ3n) is 4.81. The van der Waals surface area contributed by atoms with Crippen LogP contribution in [0, 0.1) is 13.8 Å². The van der Waals surface area contributed by atoms with Gasteiger partial charge in [0, 0.05) is 18.3 Å². The van der Waals surface area contributed by atoms with Gasteiger partial charge in [-0.2, -0.15) is 0 Å². The van der Waals surface area contributed by atoms with Crippen LogP contribution in [-0.2, 0) is 10.0 Å². The zero-order valence-corrected chi connectivity index (χ0v) is 17.0. The van der Waals surface area contributed by atoms with E-state index in [9.17, 15) is 8.42 Å². The average Bonchev–Trinajstić information content (AvgIpc) is 2.53. The monoisotopic (exact) mass is 370 g/mol. The SMILES string of the molecule is CC1=CC(C)(C)Nc2cc(C)c(N(C)S(=O)(=O)c3ccc(C)cc3)cc21. The van der Waals surface area contributed by atoms with Crippen molar-refractivity contribution < 1.29 is 8.42 Å². The number of rotatable bonds is 3. The van der Waals surface area contributed by atoms with Gasteiger partial charge in [0.05, 0.1) is 16.1 Å². The van der Waals surface area contributed by atoms with Gasteiger partial charge in [0.1, 0.15) is 0 Å². The fourth-order valence-corrected chi connectivity index (χ4v) is 4.72. The van der Waals surface area contributed by atoms with Gasteiger partial charge in [-0.3, -0.25) is 4.31 Å². The van der Waals surface area contributed by atoms with Crippen molar-refractivity contribution in [3.8, 4) is 0 Å². The Balaban J connectivity index is 2.07. The van der Waals surface area contributed by atoms with Crippen LogP contribution >= 0.6 is 0 Å². The van der Waals surface area contributed by atoms with Crippen molar-refractivity contribution in [2.75, 3.05) is 16.7 Å². The number of hydrogen-bond acceptors (Lipinski definition) is 3. The lowest BCUT2D eigenvalue weighted by Gasteiger charge is -2.33. The highest BCUT2D eigenvalue weighted by molar-refractivity contribution is 7.92. The number of nitrogens with one attached hydrogen (secondary N) is 1. The molecule has 0 aliphatic carbocycles. The van der Waals surface area contributed by atoms with Crippen molar-refractivity contribution in [2.24, 2.45) is 0 Å². The molecule has 1 heterocycles. The van der Waals surface area contributed by atoms with Crippen LogP contribution in [0.25, 0.3) is 5.57 Å². The summed E-state index contributed by atoms with van der Waals surface area (Å²) in [6, 6.07) is 10.9. The molecular weight excluding hydrogens is 344 g/mol. The van der Waals surface area contributed by atoms with E-state index in [1.165, 1.54) is 4.31 Å². The Bertz CT molecular complexity index is 987. The van der Waals surface area contributed by atoms with Gasteiger partial charge < -0.3 is 5.32 Å². The molecule has 2 aromatic carbocycles. The molecular formula is C21H26N2O2S. The van der Waals surface area contributed by atoms with Crippen molar-refractivity contribution in [1.29, 1.82) is 0 Å². The Hall–Kier alpha value is -2.27. The smallest absolute Gasteiger partial charge is 0.264 e. The van der Waals surface area contributed by atoms with Crippen molar-refractivity contribution in [2.45, 2.75) is 45.1 Å². The number of aryl methyl sites for hydroxylation is 2. The average molecular weight is 371 g/mol. The van der Waals surface area contributed by atoms with E-state index in [0.29, 0.717) is 10.6 Å². The summed E-state index contributed by atoms with van der Waals surface area (Å²) in [5.74, 6) is 0. The molecule has 26 heavy (non-hydrogen) atoms. The van der Waals surface area contributed by atoms with Gasteiger partial charge in [-0.25, -0.2) is 8.42 Å². The maximum Gasteiger partial charge on any atom is 0.264 e. The highest BCUT2D eigenvalue weighted by Crippen LogP contribution is 2.38. The summed E-state index contributed by atoms with van der Waals surface area (Å²) in [4.78, 5) is 0.300. The second-order valence-electron chi connectivity index (χ2n) is 7.64. The Morgan fingerprint density at radius 3 is 2.23 bits per heavy atom. The molecule has 2 aromatic rings. The zero-order valence-electron chi connectivity index (χ0n) is 16.2. The Kier molecular flexibility index (Phi) is 4.39. The summed E-state index contributed by atoms with van der Waals surface area (Å²) in [6.07, 6.45) is 2.17. The maximum atomic E-state index is 13.0. The predicted octanol–water partition coefficient (Wildman–Crippen LogP) is 4.74. The Labute approximate surface area is 156 Å². The number of sulfonamides is 1. The van der Waals surface area contributed by atoms with Crippen molar-refractivity contribution in [1.82, 2.24) is 0 Å². The summed E-state index contributed by atoms with van der Waals surface area (Å²) in [5.41, 5.74) is 5.74. The van der Waals surface area contributed by atoms with Gasteiger partial charge >= 0.3 is 0 Å². The van der Waals surface area contributed by atoms with Crippen LogP contribution in [0.2, 0.25) is 0 Å². The first-order valence-electron chi connectivity index (χ1n) is 8.69. The van der Waals surface area contributed by atoms with Gasteiger partial charge in [0.2, 0.25) is 0 Å². The molecule has 0 aromatic heterocycles. The van der Waals surface area contributed by atoms with E-state index in [1.807, 2.05) is 38.1 Å². The van der Waals surface area contributed by atoms with E-state index in [4.69, 9.17) is 0 Å². The second-order valence-corrected chi connectivity index (χ2v) is 9.61. The molecule has 0 fully saturated rings. The van der Waals surface area contributed by atoms with Crippen LogP contribution in [0.1, 0.15) is 37.5 Å². The summed E-state index contributed by atoms with van der Waals surface area (Å²) in [6.45, 7) is 10.2. The number of benzene rings is 2. The molecule has 4 nitrogen and oxygen atoms in total. The van der Waals surface area contributed by atoms with Crippen molar-refractivity contribution in [3.63, 3.8) is 0 Å². The molecule has 0 saturated carbocycles. The summed E-state index contributed by atoms with van der Waals surface area (Å²) >= 11 is 0. The second kappa shape index (κ2) is 6.16. The first-order valence-corrected chi connectivity index (χ1v) is 10.1. The summed E-state index contributed by atoms with van der Waals surface area (Å²) < 4.78 is 27.5. The number of hydrogen-bond donors (Lipinski definition) is 1. The minimum atomic E-state index is -3.60. The third kappa shape index (κ3) is 3.23. The number of fused-ring (bicyclic) bond motifs is 1. The quantitative estimate of drug-likeness (QED) is 0.849. The van der Waals surface area contributed by atoms with Crippen molar-refractivity contribution >= 4 is 27.0 Å². The molecule has 1 aliphatic heterocycles. The van der Waals surface area contributed by atoms with E-state index in [-0.39, 0.29) is 5.54 Å². The molecule has 3 rings (SSSR count). The number of allylic oxidation sites excluding steroid dienone is 1. The van der Waals surface area contributed by atoms with E-state index in [2.05, 4.69) is 32.2 Å². The zero-order chi connectivity index (χ0) is 19.3. The molecule has 0 unspecified atom stereocenters. The highest BCUT2D eigenvalue weighted by Gasteiger charge is 2.27. The topological polar surface area (TPSA) is 49.4 Å². The molecule has 0 atom stereocenters. The molecule has 0 amide bonds. The van der Waals surface area contributed by atoms with E-state index in [0.717, 1.165) is 28.0 Å². The lowest BCUT2D eigenvalue weighted by atomic mass is 9.90. The maximum absolute atomic E-state index is 13.0. The van der Waals surface area contributed by atoms with E-state index >= 15 is 0 Å². The van der Waals surface area contributed by atoms with Crippen molar-refractivity contribution in [3.05, 3.63) is 59.2 Å². The lowest BCUT2D eigenvalue weighted by Crippen LogP contribution is -2.32. The lowest BCUT2D eigenvalue weighted by molar-refractivity contribution is 0.594. The molecule has 0 saturated heterocycles. The largest absolute Gasteiger partial charge is 0.376 e. The van der Waals surface area contributed by atoms with Crippen LogP contribution in [0.15, 0.2) is 47.4 Å². The summed E-state index contributed by atoms with van der Waals surface area (Å²) in [5, 5.41) is 3.51. The first kappa shape index (κ1) is 18.5. The first-order chi connectivity index (χ1) is 12.0. The number of nitrogens with zero attached hydrogens (tertiary/aromatic N) is 1. The molecule has 0 radical (unpaired) electrons. The van der Waals surface area contributed by atoms with Gasteiger partial charge in [-0.15, -0.1) is 0 Å². The van der Waals surface area contributed by atoms with Crippen LogP contribution in [0.3, 0.4) is 0 Å². The summed E-state index contributed by atoms with van der Waals surface area (Å²) in [7, 11) is -1.99. The Morgan fingerprint density at radius 2 is 1.62 bits per heavy atom. The molecule has 138 valence electrons. The fraction of sp³-hybridized carbons (Fsp3) is 0.333. The van der Waals surface area contributed by atoms with Crippen LogP contribution in [0.5, 0.6) is 0 Å². The molecule has 1 aliphatic rings. The van der Waals surface area contributed by atoms with Gasteiger partial charge in [0.15, 0.2) is 0 Å². The van der Waals surface area contributed by atoms with Crippen LogP contribution < -0.4 is 9.62 Å². The van der Waals surface area contributed by atoms with Crippen LogP contribution in [0.4, 0.5) is 11.4 Å². The fourth-order valence-electron chi connectivity index (χ4n) is 3.47. The van der Waals surface area contributed by atoms with E-state index in [1.54, 1.807) is 19.2 Å². The number of anilines is 2. The molecule has 0 bridgehead atoms. The minimum absolute atomic E-state index is 0.120. The van der Waals surface area contributed by atoms with Gasteiger partial charge in [-0.1, -0.05) is 23.8 Å². The molecule has 1 N–H and O–H groups in total. The predicted molar refractivity (Wildman–Crippen MR) is 109 cm³/mol. The highest BCUT2D eigenvalue weighted by atomic mass is 32.2. The molecule has 5 heteroatoms. The third-order valence-corrected chi connectivity index (χ3v) is 6.60. The van der Waals surface area contributed by atoms with Gasteiger partial charge in [-0.05, 0) is 70.0 Å². The van der Waals surface area contributed by atoms with E-state index < -0.39 is 10.0 Å². The standard InChI is InChI=1S/C21H26N2O2S/c1-14-7-9-17(10-8-14)26(24,25)23(6)20-12-18-16(3)13-21(4,5)22-19(18)11-15(20)2/h7-13,22H,1-6H3. The minimum Gasteiger partial charge on any atom is -0.376 e. The molecule has 0 spiro atoms. The Morgan fingerprint density at radius 1 is 1.00 bits per heavy atom. The van der Waals surface area contributed by atoms with Crippen LogP contribution in [-0.4, -0.2) is 21.0 Å².